The molecule has 0 rings (SSSR count). The highest BCUT2D eigenvalue weighted by Crippen LogP contribution is 2.38. The second-order valence-electron chi connectivity index (χ2n) is 25.2. The third-order valence-corrected chi connectivity index (χ3v) is 17.1. The van der Waals surface area contributed by atoms with Gasteiger partial charge in [-0.3, -0.25) is 9.36 Å². The molecule has 0 aliphatic rings. The number of aliphatic hydroxyl groups is 1. The summed E-state index contributed by atoms with van der Waals surface area (Å²) in [5.74, 6) is -0.189. The zero-order valence-corrected chi connectivity index (χ0v) is 54.0. The van der Waals surface area contributed by atoms with Gasteiger partial charge in [0.25, 0.3) is 7.82 Å². The number of nitrogens with one attached hydrogen (secondary N) is 1. The van der Waals surface area contributed by atoms with Crippen LogP contribution in [0.2, 0.25) is 0 Å². The molecule has 464 valence electrons. The van der Waals surface area contributed by atoms with Crippen molar-refractivity contribution in [2.24, 2.45) is 0 Å². The number of amides is 1. The first-order valence-electron chi connectivity index (χ1n) is 34.7. The van der Waals surface area contributed by atoms with Crippen LogP contribution in [0.3, 0.4) is 0 Å². The third-order valence-electron chi connectivity index (χ3n) is 16.2. The number of nitrogens with zero attached hydrogens (tertiary/aromatic N) is 1. The topological polar surface area (TPSA) is 108 Å². The van der Waals surface area contributed by atoms with Gasteiger partial charge >= 0.3 is 0 Å². The molecular weight excluding hydrogens is 984 g/mol. The molecule has 0 aliphatic carbocycles. The van der Waals surface area contributed by atoms with Gasteiger partial charge in [-0.1, -0.05) is 334 Å². The average Bonchev–Trinajstić information content (AvgIpc) is 3.41. The van der Waals surface area contributed by atoms with Crippen LogP contribution >= 0.6 is 7.82 Å². The van der Waals surface area contributed by atoms with Crippen LogP contribution in [0.1, 0.15) is 361 Å². The van der Waals surface area contributed by atoms with Crippen molar-refractivity contribution in [1.29, 1.82) is 0 Å². The van der Waals surface area contributed by atoms with Crippen LogP contribution in [0, 0.1) is 0 Å². The number of hydrogen-bond acceptors (Lipinski definition) is 6. The minimum Gasteiger partial charge on any atom is -0.756 e. The second-order valence-corrected chi connectivity index (χ2v) is 26.7. The van der Waals surface area contributed by atoms with Crippen LogP contribution in [0.4, 0.5) is 0 Å². The Kier molecular flexibility index (Phi) is 59.8. The Morgan fingerprint density at radius 1 is 0.436 bits per heavy atom. The van der Waals surface area contributed by atoms with Gasteiger partial charge in [0.15, 0.2) is 0 Å². The lowest BCUT2D eigenvalue weighted by atomic mass is 10.0. The summed E-state index contributed by atoms with van der Waals surface area (Å²) in [5, 5.41) is 14.0. The van der Waals surface area contributed by atoms with Crippen molar-refractivity contribution < 1.29 is 32.9 Å². The first-order chi connectivity index (χ1) is 38.0. The number of phosphoric ester groups is 1. The van der Waals surface area contributed by atoms with Crippen molar-refractivity contribution in [3.05, 3.63) is 24.3 Å². The molecule has 0 saturated heterocycles. The molecule has 0 aromatic heterocycles. The van der Waals surface area contributed by atoms with Crippen LogP contribution in [0.5, 0.6) is 0 Å². The van der Waals surface area contributed by atoms with Gasteiger partial charge in [-0.05, 0) is 44.9 Å². The number of quaternary nitrogens is 1. The van der Waals surface area contributed by atoms with Gasteiger partial charge in [0.05, 0.1) is 39.9 Å². The van der Waals surface area contributed by atoms with Crippen molar-refractivity contribution in [3.8, 4) is 0 Å². The van der Waals surface area contributed by atoms with Gasteiger partial charge in [-0.2, -0.15) is 0 Å². The molecule has 0 fully saturated rings. The van der Waals surface area contributed by atoms with E-state index in [-0.39, 0.29) is 19.1 Å². The van der Waals surface area contributed by atoms with Crippen molar-refractivity contribution in [1.82, 2.24) is 5.32 Å². The van der Waals surface area contributed by atoms with Gasteiger partial charge in [0.1, 0.15) is 13.2 Å². The van der Waals surface area contributed by atoms with E-state index in [9.17, 15) is 19.4 Å². The Bertz CT molecular complexity index is 1320. The van der Waals surface area contributed by atoms with E-state index < -0.39 is 20.0 Å². The largest absolute Gasteiger partial charge is 0.756 e. The summed E-state index contributed by atoms with van der Waals surface area (Å²) in [6.07, 6.45) is 78.7. The third kappa shape index (κ3) is 62.6. The van der Waals surface area contributed by atoms with E-state index in [0.29, 0.717) is 17.4 Å². The Morgan fingerprint density at radius 2 is 0.705 bits per heavy atom. The number of carbonyl (C=O) groups is 1. The highest BCUT2D eigenvalue weighted by atomic mass is 31.2. The maximum Gasteiger partial charge on any atom is 0.268 e. The number of likely N-dealkylation sites (N-methyl/N-ethyl adjacent to an activating group) is 1. The first kappa shape index (κ1) is 77.0. The summed E-state index contributed by atoms with van der Waals surface area (Å²) in [4.78, 5) is 25.6. The predicted molar refractivity (Wildman–Crippen MR) is 339 cm³/mol. The van der Waals surface area contributed by atoms with E-state index >= 15 is 0 Å². The van der Waals surface area contributed by atoms with E-state index in [1.54, 1.807) is 6.08 Å². The van der Waals surface area contributed by atoms with Crippen LogP contribution < -0.4 is 10.2 Å². The summed E-state index contributed by atoms with van der Waals surface area (Å²) >= 11 is 0. The van der Waals surface area contributed by atoms with Crippen molar-refractivity contribution >= 4 is 13.7 Å². The molecule has 3 atom stereocenters. The quantitative estimate of drug-likeness (QED) is 0.0272. The summed E-state index contributed by atoms with van der Waals surface area (Å²) in [6, 6.07) is -0.884. The van der Waals surface area contributed by atoms with E-state index in [1.165, 1.54) is 302 Å². The average molecular weight is 1120 g/mol. The molecule has 0 aromatic carbocycles. The highest BCUT2D eigenvalue weighted by molar-refractivity contribution is 7.45. The molecule has 0 saturated carbocycles. The van der Waals surface area contributed by atoms with Crippen LogP contribution in [-0.2, 0) is 18.4 Å². The summed E-state index contributed by atoms with van der Waals surface area (Å²) in [6.45, 7) is 4.71. The zero-order chi connectivity index (χ0) is 57.0. The van der Waals surface area contributed by atoms with Crippen LogP contribution in [0.25, 0.3) is 0 Å². The van der Waals surface area contributed by atoms with E-state index in [2.05, 4.69) is 31.3 Å². The zero-order valence-electron chi connectivity index (χ0n) is 53.2. The Labute approximate surface area is 487 Å². The molecule has 0 heterocycles. The fourth-order valence-electron chi connectivity index (χ4n) is 10.7. The fourth-order valence-corrected chi connectivity index (χ4v) is 11.5. The van der Waals surface area contributed by atoms with Crippen molar-refractivity contribution in [2.75, 3.05) is 40.9 Å². The fraction of sp³-hybridized carbons (Fsp3) is 0.928. The number of carbonyl (C=O) groups excluding carboxylic acids is 1. The van der Waals surface area contributed by atoms with Gasteiger partial charge < -0.3 is 28.8 Å². The Balaban J connectivity index is 3.98. The normalized spacial score (nSPS) is 13.8. The monoisotopic (exact) mass is 1120 g/mol. The number of hydrogen-bond donors (Lipinski definition) is 2. The molecule has 3 unspecified atom stereocenters. The minimum absolute atomic E-state index is 0.00209. The lowest BCUT2D eigenvalue weighted by Crippen LogP contribution is -2.45. The standard InChI is InChI=1S/C69H137N2O6P/c1-6-8-10-12-14-16-18-20-22-24-26-28-29-30-31-32-33-34-35-36-37-38-39-40-41-43-45-47-49-51-53-55-57-59-61-63-69(73)70-67(66-77-78(74,75)76-65-64-71(3,4)5)68(72)62-60-58-56-54-52-50-48-46-44-42-27-25-23-21-19-17-15-13-11-9-7-2/h24,26,60,62,67-68,72H,6-23,25,27-59,61,63-66H2,1-5H3,(H-,70,73,74,75)/b26-24-,62-60+. The lowest BCUT2D eigenvalue weighted by Gasteiger charge is -2.29. The highest BCUT2D eigenvalue weighted by Gasteiger charge is 2.23. The summed E-state index contributed by atoms with van der Waals surface area (Å²) in [7, 11) is 1.28. The molecule has 0 radical (unpaired) electrons. The van der Waals surface area contributed by atoms with E-state index in [0.717, 1.165) is 38.5 Å². The van der Waals surface area contributed by atoms with Crippen LogP contribution in [0.15, 0.2) is 24.3 Å². The first-order valence-corrected chi connectivity index (χ1v) is 36.2. The predicted octanol–water partition coefficient (Wildman–Crippen LogP) is 21.3. The number of unbranched alkanes of at least 4 members (excludes halogenated alkanes) is 50. The van der Waals surface area contributed by atoms with Crippen LogP contribution in [-0.4, -0.2) is 68.5 Å². The molecule has 0 spiro atoms. The van der Waals surface area contributed by atoms with Gasteiger partial charge in [-0.15, -0.1) is 0 Å². The SMILES string of the molecule is CCCCCCCCCC/C=C\CCCCCCCCCCCCCCCCCCCCCCCCCC(=O)NC(COP(=O)([O-])OCC[N+](C)(C)C)C(O)/C=C/CCCCCCCCCCCCCCCCCCCCC. The molecule has 8 nitrogen and oxygen atoms in total. The molecular formula is C69H137N2O6P. The van der Waals surface area contributed by atoms with Crippen molar-refractivity contribution in [3.63, 3.8) is 0 Å². The summed E-state index contributed by atoms with van der Waals surface area (Å²) in [5.41, 5.74) is 0. The van der Waals surface area contributed by atoms with Gasteiger partial charge in [0.2, 0.25) is 5.91 Å². The smallest absolute Gasteiger partial charge is 0.268 e. The maximum absolute atomic E-state index is 13.0. The second kappa shape index (κ2) is 60.6. The Hall–Kier alpha value is -1.02. The lowest BCUT2D eigenvalue weighted by molar-refractivity contribution is -0.870. The summed E-state index contributed by atoms with van der Waals surface area (Å²) < 4.78 is 23.4. The van der Waals surface area contributed by atoms with E-state index in [4.69, 9.17) is 9.05 Å². The van der Waals surface area contributed by atoms with E-state index in [1.807, 2.05) is 27.2 Å². The number of phosphoric acid groups is 1. The van der Waals surface area contributed by atoms with Gasteiger partial charge in [0, 0.05) is 6.42 Å². The maximum atomic E-state index is 13.0. The molecule has 0 bridgehead atoms. The van der Waals surface area contributed by atoms with Crippen molar-refractivity contribution in [2.45, 2.75) is 373 Å². The molecule has 9 heteroatoms. The van der Waals surface area contributed by atoms with Gasteiger partial charge in [-0.25, -0.2) is 0 Å². The molecule has 2 N–H and O–H groups in total. The Morgan fingerprint density at radius 3 is 1.00 bits per heavy atom. The molecule has 0 aliphatic heterocycles. The number of rotatable bonds is 65. The molecule has 0 aromatic rings. The minimum atomic E-state index is -4.60. The number of allylic oxidation sites excluding steroid dienone is 3. The molecule has 78 heavy (non-hydrogen) atoms. The molecule has 1 amide bonds. The number of aliphatic hydroxyl groups excluding tert-OH is 1.